The maximum Gasteiger partial charge on any atom is 0.410 e. The molecule has 0 aromatic carbocycles. The molecule has 1 aromatic heterocycles. The summed E-state index contributed by atoms with van der Waals surface area (Å²) in [6.45, 7) is 8.37. The molecule has 2 aliphatic rings. The number of aromatic nitrogens is 1. The number of ketones is 1. The number of pyridine rings is 1. The van der Waals surface area contributed by atoms with Crippen LogP contribution in [0.2, 0.25) is 0 Å². The number of carbonyl (C=O) groups is 2. The molecule has 2 bridgehead atoms. The molecule has 0 radical (unpaired) electrons. The van der Waals surface area contributed by atoms with Gasteiger partial charge in [-0.25, -0.2) is 4.79 Å². The van der Waals surface area contributed by atoms with Gasteiger partial charge in [0.2, 0.25) is 0 Å². The first-order valence-corrected chi connectivity index (χ1v) is 8.80. The molecule has 3 rings (SSSR count). The zero-order valence-electron chi connectivity index (χ0n) is 15.3. The number of hydrogen-bond acceptors (Lipinski definition) is 5. The monoisotopic (exact) mass is 346 g/mol. The van der Waals surface area contributed by atoms with Gasteiger partial charge in [0.05, 0.1) is 25.3 Å². The Kier molecular flexibility index (Phi) is 4.82. The first-order chi connectivity index (χ1) is 11.7. The molecule has 2 atom stereocenters. The number of fused-ring (bicyclic) bond motifs is 2. The molecule has 6 nitrogen and oxygen atoms in total. The van der Waals surface area contributed by atoms with Crippen molar-refractivity contribution in [3.8, 4) is 0 Å². The summed E-state index contributed by atoms with van der Waals surface area (Å²) in [4.78, 5) is 31.4. The summed E-state index contributed by atoms with van der Waals surface area (Å²) in [5.74, 6) is 0.0330. The van der Waals surface area contributed by atoms with Gasteiger partial charge in [-0.15, -0.1) is 0 Å². The van der Waals surface area contributed by atoms with Gasteiger partial charge >= 0.3 is 6.09 Å². The molecule has 0 spiro atoms. The third kappa shape index (κ3) is 4.00. The van der Waals surface area contributed by atoms with Crippen LogP contribution in [0.15, 0.2) is 18.3 Å². The van der Waals surface area contributed by atoms with Crippen molar-refractivity contribution in [3.63, 3.8) is 0 Å². The number of hydrogen-bond donors (Lipinski definition) is 0. The van der Waals surface area contributed by atoms with Gasteiger partial charge in [0, 0.05) is 23.4 Å². The van der Waals surface area contributed by atoms with Crippen molar-refractivity contribution >= 4 is 11.9 Å². The summed E-state index contributed by atoms with van der Waals surface area (Å²) < 4.78 is 11.2. The molecule has 1 amide bonds. The van der Waals surface area contributed by atoms with Crippen molar-refractivity contribution in [1.29, 1.82) is 0 Å². The summed E-state index contributed by atoms with van der Waals surface area (Å²) in [5, 5.41) is 0. The summed E-state index contributed by atoms with van der Waals surface area (Å²) in [6.07, 6.45) is 2.57. The molecule has 3 heterocycles. The van der Waals surface area contributed by atoms with Crippen LogP contribution in [-0.2, 0) is 9.47 Å². The number of ether oxygens (including phenoxy) is 2. The summed E-state index contributed by atoms with van der Waals surface area (Å²) in [5.41, 5.74) is 0.996. The summed E-state index contributed by atoms with van der Waals surface area (Å²) in [6, 6.07) is 3.37. The fraction of sp³-hybridized carbons (Fsp3) is 0.632. The highest BCUT2D eigenvalue weighted by Crippen LogP contribution is 2.34. The quantitative estimate of drug-likeness (QED) is 0.770. The van der Waals surface area contributed by atoms with Crippen LogP contribution in [0.5, 0.6) is 0 Å². The first-order valence-electron chi connectivity index (χ1n) is 8.80. The van der Waals surface area contributed by atoms with Crippen molar-refractivity contribution in [2.75, 3.05) is 13.2 Å². The van der Waals surface area contributed by atoms with Gasteiger partial charge in [-0.2, -0.15) is 0 Å². The van der Waals surface area contributed by atoms with E-state index in [4.69, 9.17) is 9.47 Å². The van der Waals surface area contributed by atoms with E-state index in [9.17, 15) is 9.59 Å². The Bertz CT molecular complexity index is 654. The molecule has 1 aromatic rings. The number of morpholine rings is 1. The Balaban J connectivity index is 1.75. The Hall–Kier alpha value is -1.95. The van der Waals surface area contributed by atoms with Crippen molar-refractivity contribution in [2.45, 2.75) is 58.2 Å². The van der Waals surface area contributed by atoms with E-state index in [0.29, 0.717) is 31.6 Å². The molecular formula is C19H26N2O4. The highest BCUT2D eigenvalue weighted by atomic mass is 16.6. The summed E-state index contributed by atoms with van der Waals surface area (Å²) >= 11 is 0. The average Bonchev–Trinajstić information content (AvgIpc) is 2.51. The van der Waals surface area contributed by atoms with Gasteiger partial charge in [0.25, 0.3) is 0 Å². The number of piperidine rings is 1. The topological polar surface area (TPSA) is 68.7 Å². The van der Waals surface area contributed by atoms with Crippen molar-refractivity contribution in [2.24, 2.45) is 5.92 Å². The molecule has 0 N–H and O–H groups in total. The van der Waals surface area contributed by atoms with Crippen LogP contribution in [0, 0.1) is 12.8 Å². The minimum Gasteiger partial charge on any atom is -0.444 e. The molecule has 0 saturated carbocycles. The van der Waals surface area contributed by atoms with E-state index in [2.05, 4.69) is 4.98 Å². The molecule has 136 valence electrons. The zero-order valence-corrected chi connectivity index (χ0v) is 15.3. The molecule has 25 heavy (non-hydrogen) atoms. The van der Waals surface area contributed by atoms with Crippen LogP contribution in [-0.4, -0.2) is 52.7 Å². The van der Waals surface area contributed by atoms with E-state index >= 15 is 0 Å². The van der Waals surface area contributed by atoms with E-state index in [1.807, 2.05) is 33.8 Å². The summed E-state index contributed by atoms with van der Waals surface area (Å²) in [7, 11) is 0. The van der Waals surface area contributed by atoms with Crippen LogP contribution in [0.3, 0.4) is 0 Å². The van der Waals surface area contributed by atoms with E-state index in [0.717, 1.165) is 5.69 Å². The Morgan fingerprint density at radius 3 is 2.44 bits per heavy atom. The second kappa shape index (κ2) is 6.75. The highest BCUT2D eigenvalue weighted by molar-refractivity contribution is 5.98. The standard InChI is InChI=1S/C19H26N2O4/c1-12-7-13(5-6-20-12)17(22)14-8-15-10-24-11-16(9-14)21(15)18(23)25-19(2,3)4/h5-7,14-16H,8-11H2,1-4H3. The van der Waals surface area contributed by atoms with E-state index in [-0.39, 0.29) is 29.9 Å². The number of amides is 1. The third-order valence-corrected chi connectivity index (χ3v) is 4.68. The van der Waals surface area contributed by atoms with Gasteiger partial charge in [-0.1, -0.05) is 0 Å². The molecule has 0 aliphatic carbocycles. The molecule has 2 fully saturated rings. The number of carbonyl (C=O) groups excluding carboxylic acids is 2. The van der Waals surface area contributed by atoms with E-state index < -0.39 is 5.60 Å². The zero-order chi connectivity index (χ0) is 18.2. The average molecular weight is 346 g/mol. The number of nitrogens with zero attached hydrogens (tertiary/aromatic N) is 2. The van der Waals surface area contributed by atoms with Crippen LogP contribution in [0.25, 0.3) is 0 Å². The van der Waals surface area contributed by atoms with E-state index in [1.165, 1.54) is 0 Å². The van der Waals surface area contributed by atoms with Gasteiger partial charge in [0.1, 0.15) is 5.60 Å². The lowest BCUT2D eigenvalue weighted by atomic mass is 9.81. The largest absolute Gasteiger partial charge is 0.444 e. The lowest BCUT2D eigenvalue weighted by molar-refractivity contribution is -0.0861. The predicted molar refractivity (Wildman–Crippen MR) is 92.5 cm³/mol. The third-order valence-electron chi connectivity index (χ3n) is 4.68. The fourth-order valence-electron chi connectivity index (χ4n) is 3.68. The number of aryl methyl sites for hydroxylation is 1. The van der Waals surface area contributed by atoms with E-state index in [1.54, 1.807) is 17.2 Å². The number of rotatable bonds is 2. The minimum absolute atomic E-state index is 0.0978. The van der Waals surface area contributed by atoms with Gasteiger partial charge in [0.15, 0.2) is 5.78 Å². The fourth-order valence-corrected chi connectivity index (χ4v) is 3.68. The van der Waals surface area contributed by atoms with Crippen molar-refractivity contribution < 1.29 is 19.1 Å². The Morgan fingerprint density at radius 1 is 1.24 bits per heavy atom. The van der Waals surface area contributed by atoms with Gasteiger partial charge in [-0.3, -0.25) is 14.7 Å². The lowest BCUT2D eigenvalue weighted by Crippen LogP contribution is -2.60. The normalized spacial score (nSPS) is 26.2. The van der Waals surface area contributed by atoms with Crippen LogP contribution >= 0.6 is 0 Å². The predicted octanol–water partition coefficient (Wildman–Crippen LogP) is 2.99. The van der Waals surface area contributed by atoms with Gasteiger partial charge < -0.3 is 9.47 Å². The van der Waals surface area contributed by atoms with Crippen LogP contribution < -0.4 is 0 Å². The van der Waals surface area contributed by atoms with Crippen LogP contribution in [0.1, 0.15) is 49.7 Å². The maximum absolute atomic E-state index is 12.9. The van der Waals surface area contributed by atoms with Crippen molar-refractivity contribution in [1.82, 2.24) is 9.88 Å². The Morgan fingerprint density at radius 2 is 1.88 bits per heavy atom. The van der Waals surface area contributed by atoms with Crippen LogP contribution in [0.4, 0.5) is 4.79 Å². The second-order valence-electron chi connectivity index (χ2n) is 7.95. The molecule has 2 saturated heterocycles. The maximum atomic E-state index is 12.9. The smallest absolute Gasteiger partial charge is 0.410 e. The molecule has 6 heteroatoms. The SMILES string of the molecule is Cc1cc(C(=O)C2CC3COCC(C2)N3C(=O)OC(C)(C)C)ccn1. The number of Topliss-reactive ketones (excluding diaryl/α,β-unsaturated/α-hetero) is 1. The second-order valence-corrected chi connectivity index (χ2v) is 7.95. The van der Waals surface area contributed by atoms with Gasteiger partial charge in [-0.05, 0) is 52.7 Å². The first kappa shape index (κ1) is 17.9. The van der Waals surface area contributed by atoms with Crippen molar-refractivity contribution in [3.05, 3.63) is 29.6 Å². The lowest BCUT2D eigenvalue weighted by Gasteiger charge is -2.47. The molecule has 2 aliphatic heterocycles. The molecular weight excluding hydrogens is 320 g/mol. The minimum atomic E-state index is -0.534. The Labute approximate surface area is 148 Å². The highest BCUT2D eigenvalue weighted by Gasteiger charge is 2.45. The molecule has 2 unspecified atom stereocenters.